The van der Waals surface area contributed by atoms with Crippen molar-refractivity contribution in [2.45, 2.75) is 44.7 Å². The number of fused-ring (bicyclic) bond motifs is 2. The van der Waals surface area contributed by atoms with E-state index >= 15 is 0 Å². The van der Waals surface area contributed by atoms with Crippen LogP contribution in [0.2, 0.25) is 0 Å². The highest BCUT2D eigenvalue weighted by molar-refractivity contribution is 14.0. The highest BCUT2D eigenvalue weighted by Gasteiger charge is 2.36. The molecule has 2 aromatic rings. The van der Waals surface area contributed by atoms with E-state index in [0.29, 0.717) is 6.04 Å². The predicted molar refractivity (Wildman–Crippen MR) is 119 cm³/mol. The normalized spacial score (nSPS) is 26.0. The molecule has 5 rings (SSSR count). The standard InChI is InChI=1S/C20H27N5O.HI/c1-14-6-7-16-12-21-19(24(16)13-14)23-10-8-15(9-11-23)25-18-5-3-2-4-17(18)22-20(25)26;/h2-5,14-16H,6-13H2,1H3,(H,22,26);1H. The summed E-state index contributed by atoms with van der Waals surface area (Å²) in [4.78, 5) is 25.3. The molecule has 2 saturated heterocycles. The molecule has 3 aliphatic rings. The lowest BCUT2D eigenvalue weighted by atomic mass is 9.95. The van der Waals surface area contributed by atoms with E-state index < -0.39 is 0 Å². The molecule has 7 heteroatoms. The van der Waals surface area contributed by atoms with E-state index in [1.54, 1.807) is 0 Å². The van der Waals surface area contributed by atoms with Crippen molar-refractivity contribution >= 4 is 41.0 Å². The Bertz CT molecular complexity index is 895. The predicted octanol–water partition coefficient (Wildman–Crippen LogP) is 3.05. The number of hydrogen-bond donors (Lipinski definition) is 1. The number of para-hydroxylation sites is 2. The van der Waals surface area contributed by atoms with Crippen molar-refractivity contribution in [1.82, 2.24) is 19.4 Å². The Balaban J connectivity index is 0.00000180. The first-order chi connectivity index (χ1) is 12.7. The van der Waals surface area contributed by atoms with Crippen LogP contribution < -0.4 is 5.69 Å². The van der Waals surface area contributed by atoms with Gasteiger partial charge in [-0.15, -0.1) is 24.0 Å². The fourth-order valence-electron chi connectivity index (χ4n) is 4.96. The number of aromatic amines is 1. The van der Waals surface area contributed by atoms with Crippen LogP contribution in [0.25, 0.3) is 11.0 Å². The van der Waals surface area contributed by atoms with Crippen molar-refractivity contribution < 1.29 is 0 Å². The largest absolute Gasteiger partial charge is 0.343 e. The minimum atomic E-state index is 0. The number of likely N-dealkylation sites (tertiary alicyclic amines) is 1. The van der Waals surface area contributed by atoms with Gasteiger partial charge < -0.3 is 14.8 Å². The number of imidazole rings is 1. The van der Waals surface area contributed by atoms with Gasteiger partial charge in [0.2, 0.25) is 0 Å². The van der Waals surface area contributed by atoms with E-state index in [0.717, 1.165) is 56.0 Å². The number of rotatable bonds is 1. The van der Waals surface area contributed by atoms with Crippen LogP contribution >= 0.6 is 24.0 Å². The van der Waals surface area contributed by atoms with Crippen LogP contribution in [0.5, 0.6) is 0 Å². The van der Waals surface area contributed by atoms with Gasteiger partial charge in [0.25, 0.3) is 0 Å². The molecule has 0 spiro atoms. The van der Waals surface area contributed by atoms with Crippen LogP contribution in [0.15, 0.2) is 34.1 Å². The minimum absolute atomic E-state index is 0. The molecule has 2 atom stereocenters. The van der Waals surface area contributed by atoms with Gasteiger partial charge in [0.05, 0.1) is 23.6 Å². The smallest absolute Gasteiger partial charge is 0.326 e. The lowest BCUT2D eigenvalue weighted by Gasteiger charge is -2.41. The third-order valence-corrected chi connectivity index (χ3v) is 6.38. The summed E-state index contributed by atoms with van der Waals surface area (Å²) in [6.45, 7) is 6.41. The van der Waals surface area contributed by atoms with Crippen molar-refractivity contribution in [1.29, 1.82) is 0 Å². The van der Waals surface area contributed by atoms with Crippen molar-refractivity contribution in [2.75, 3.05) is 26.2 Å². The van der Waals surface area contributed by atoms with Gasteiger partial charge in [-0.2, -0.15) is 0 Å². The van der Waals surface area contributed by atoms with Crippen LogP contribution in [-0.2, 0) is 0 Å². The van der Waals surface area contributed by atoms with E-state index in [9.17, 15) is 4.79 Å². The number of aromatic nitrogens is 2. The summed E-state index contributed by atoms with van der Waals surface area (Å²) in [5, 5.41) is 0. The van der Waals surface area contributed by atoms with Crippen molar-refractivity contribution in [3.63, 3.8) is 0 Å². The number of guanidine groups is 1. The highest BCUT2D eigenvalue weighted by atomic mass is 127. The zero-order valence-electron chi connectivity index (χ0n) is 15.8. The van der Waals surface area contributed by atoms with E-state index in [1.165, 1.54) is 18.8 Å². The van der Waals surface area contributed by atoms with Gasteiger partial charge in [-0.3, -0.25) is 9.56 Å². The Morgan fingerprint density at radius 2 is 1.85 bits per heavy atom. The maximum Gasteiger partial charge on any atom is 0.326 e. The molecule has 1 aromatic carbocycles. The van der Waals surface area contributed by atoms with E-state index in [4.69, 9.17) is 4.99 Å². The Labute approximate surface area is 176 Å². The molecule has 1 aromatic heterocycles. The van der Waals surface area contributed by atoms with Gasteiger partial charge in [0, 0.05) is 25.7 Å². The second-order valence-corrected chi connectivity index (χ2v) is 8.16. The second kappa shape index (κ2) is 7.48. The number of halogens is 1. The van der Waals surface area contributed by atoms with Crippen molar-refractivity contribution in [3.8, 4) is 0 Å². The van der Waals surface area contributed by atoms with E-state index in [2.05, 4.69) is 21.7 Å². The van der Waals surface area contributed by atoms with Gasteiger partial charge in [-0.25, -0.2) is 4.79 Å². The third kappa shape index (κ3) is 3.28. The van der Waals surface area contributed by atoms with Crippen LogP contribution in [0, 0.1) is 5.92 Å². The highest BCUT2D eigenvalue weighted by Crippen LogP contribution is 2.30. The summed E-state index contributed by atoms with van der Waals surface area (Å²) in [6, 6.07) is 8.89. The first-order valence-electron chi connectivity index (χ1n) is 9.96. The maximum atomic E-state index is 12.5. The molecule has 0 amide bonds. The van der Waals surface area contributed by atoms with E-state index in [1.807, 2.05) is 28.8 Å². The Hall–Kier alpha value is -1.51. The molecule has 2 fully saturated rings. The monoisotopic (exact) mass is 481 g/mol. The zero-order chi connectivity index (χ0) is 17.7. The average Bonchev–Trinajstić information content (AvgIpc) is 3.21. The fourth-order valence-corrected chi connectivity index (χ4v) is 4.96. The number of H-pyrrole nitrogens is 1. The number of nitrogens with one attached hydrogen (secondary N) is 1. The number of aliphatic imine (C=N–C) groups is 1. The second-order valence-electron chi connectivity index (χ2n) is 8.16. The lowest BCUT2D eigenvalue weighted by Crippen LogP contribution is -2.51. The molecule has 27 heavy (non-hydrogen) atoms. The lowest BCUT2D eigenvalue weighted by molar-refractivity contribution is 0.178. The summed E-state index contributed by atoms with van der Waals surface area (Å²) in [7, 11) is 0. The molecular formula is C20H28IN5O. The quantitative estimate of drug-likeness (QED) is 0.638. The zero-order valence-corrected chi connectivity index (χ0v) is 18.1. The maximum absolute atomic E-state index is 12.5. The summed E-state index contributed by atoms with van der Waals surface area (Å²) < 4.78 is 1.97. The van der Waals surface area contributed by atoms with Crippen LogP contribution in [0.1, 0.15) is 38.6 Å². The van der Waals surface area contributed by atoms with Crippen LogP contribution in [-0.4, -0.2) is 57.5 Å². The van der Waals surface area contributed by atoms with Gasteiger partial charge in [-0.1, -0.05) is 19.1 Å². The minimum Gasteiger partial charge on any atom is -0.343 e. The molecule has 1 N–H and O–H groups in total. The first kappa shape index (κ1) is 18.8. The molecular weight excluding hydrogens is 453 g/mol. The van der Waals surface area contributed by atoms with Crippen molar-refractivity contribution in [3.05, 3.63) is 34.7 Å². The topological polar surface area (TPSA) is 56.6 Å². The fraction of sp³-hybridized carbons (Fsp3) is 0.600. The number of nitrogens with zero attached hydrogens (tertiary/aromatic N) is 4. The van der Waals surface area contributed by atoms with Crippen molar-refractivity contribution in [2.24, 2.45) is 10.9 Å². The van der Waals surface area contributed by atoms with Crippen LogP contribution in [0.3, 0.4) is 0 Å². The molecule has 4 heterocycles. The van der Waals surface area contributed by atoms with Gasteiger partial charge in [0.15, 0.2) is 5.96 Å². The summed E-state index contributed by atoms with van der Waals surface area (Å²) in [5.41, 5.74) is 1.98. The molecule has 0 saturated carbocycles. The van der Waals surface area contributed by atoms with Crippen LogP contribution in [0.4, 0.5) is 0 Å². The third-order valence-electron chi connectivity index (χ3n) is 6.38. The molecule has 6 nitrogen and oxygen atoms in total. The Kier molecular flexibility index (Phi) is 5.22. The van der Waals surface area contributed by atoms with Gasteiger partial charge in [0.1, 0.15) is 0 Å². The Morgan fingerprint density at radius 3 is 2.67 bits per heavy atom. The molecule has 0 aliphatic carbocycles. The SMILES string of the molecule is CC1CCC2CN=C(N3CCC(n4c(=O)[nH]c5ccccc54)CC3)N2C1.I. The number of piperidine rings is 2. The molecule has 3 aliphatic heterocycles. The number of hydrogen-bond acceptors (Lipinski definition) is 4. The van der Waals surface area contributed by atoms with Gasteiger partial charge >= 0.3 is 5.69 Å². The number of benzene rings is 1. The molecule has 2 unspecified atom stereocenters. The molecule has 0 bridgehead atoms. The van der Waals surface area contributed by atoms with E-state index in [-0.39, 0.29) is 35.7 Å². The molecule has 146 valence electrons. The van der Waals surface area contributed by atoms with Gasteiger partial charge in [-0.05, 0) is 43.7 Å². The summed E-state index contributed by atoms with van der Waals surface area (Å²) >= 11 is 0. The first-order valence-corrected chi connectivity index (χ1v) is 9.96. The summed E-state index contributed by atoms with van der Waals surface area (Å²) in [6.07, 6.45) is 4.59. The summed E-state index contributed by atoms with van der Waals surface area (Å²) in [5.74, 6) is 1.98. The average molecular weight is 481 g/mol. The molecule has 0 radical (unpaired) electrons. The Morgan fingerprint density at radius 1 is 1.07 bits per heavy atom.